The van der Waals surface area contributed by atoms with Crippen LogP contribution in [-0.4, -0.2) is 50.6 Å². The van der Waals surface area contributed by atoms with Crippen molar-refractivity contribution < 1.29 is 28.5 Å². The number of carbonyl (C=O) groups excluding carboxylic acids is 1. The van der Waals surface area contributed by atoms with Gasteiger partial charge in [0.25, 0.3) is 12.5 Å². The van der Waals surface area contributed by atoms with E-state index in [4.69, 9.17) is 14.4 Å². The third-order valence-corrected chi connectivity index (χ3v) is 10.8. The van der Waals surface area contributed by atoms with Crippen molar-refractivity contribution in [1.82, 2.24) is 10.6 Å². The van der Waals surface area contributed by atoms with Gasteiger partial charge in [-0.15, -0.1) is 0 Å². The van der Waals surface area contributed by atoms with Gasteiger partial charge in [-0.1, -0.05) is 103 Å². The molecule has 42 heavy (non-hydrogen) atoms. The maximum Gasteiger partial charge on any atom is 0.404 e. The molecule has 1 aliphatic rings. The molecule has 10 heteroatoms. The number of hydrogen-bond acceptors (Lipinski definition) is 6. The van der Waals surface area contributed by atoms with E-state index in [-0.39, 0.29) is 24.5 Å². The molecule has 1 atom stereocenters. The Morgan fingerprint density at radius 1 is 0.905 bits per heavy atom. The highest BCUT2D eigenvalue weighted by molar-refractivity contribution is 8.56. The monoisotopic (exact) mass is 612 g/mol. The Bertz CT molecular complexity index is 1300. The topological polar surface area (TPSA) is 114 Å². The molecule has 8 nitrogen and oxygen atoms in total. The number of methoxy groups -OCH3 is 1. The minimum atomic E-state index is -2.73. The number of rotatable bonds is 12. The van der Waals surface area contributed by atoms with E-state index in [1.165, 1.54) is 36.2 Å². The lowest BCUT2D eigenvalue weighted by atomic mass is 9.69. The average Bonchev–Trinajstić information content (AvgIpc) is 3.02. The first-order chi connectivity index (χ1) is 20.2. The molecule has 3 N–H and O–H groups in total. The molecule has 0 saturated heterocycles. The van der Waals surface area contributed by atoms with Gasteiger partial charge in [0.2, 0.25) is 0 Å². The second kappa shape index (κ2) is 17.0. The maximum absolute atomic E-state index is 12.6. The summed E-state index contributed by atoms with van der Waals surface area (Å²) in [6.07, 6.45) is 4.88. The molecule has 3 aromatic carbocycles. The standard InChI is InChI=1S/C21H25NO2.C11H16NO4PS/c1-24-19-13-7-6-12-18(19)20(23)22-16-21(14-8-3-9-15-21)17-10-4-2-5-11-17;1-17(15,16-8-7-12-11(13)14)18-9-10-5-3-2-4-6-10/h2,4-7,10-13H,3,8-9,14-16H2,1H3,(H,22,23);2-6,12H,7-9H2,1H3,(H,13,14). The van der Waals surface area contributed by atoms with Gasteiger partial charge in [0.05, 0.1) is 19.3 Å². The molecule has 226 valence electrons. The van der Waals surface area contributed by atoms with E-state index in [9.17, 15) is 14.2 Å². The van der Waals surface area contributed by atoms with Crippen molar-refractivity contribution in [2.24, 2.45) is 0 Å². The van der Waals surface area contributed by atoms with Crippen molar-refractivity contribution in [3.05, 3.63) is 102 Å². The molecule has 0 heterocycles. The van der Waals surface area contributed by atoms with Crippen LogP contribution in [0.2, 0.25) is 0 Å². The lowest BCUT2D eigenvalue weighted by Gasteiger charge is -2.38. The van der Waals surface area contributed by atoms with Gasteiger partial charge in [0.1, 0.15) is 5.75 Å². The highest BCUT2D eigenvalue weighted by Gasteiger charge is 2.34. The zero-order chi connectivity index (χ0) is 30.3. The summed E-state index contributed by atoms with van der Waals surface area (Å²) in [6.45, 7) is -0.266. The Kier molecular flexibility index (Phi) is 13.5. The molecule has 1 aliphatic carbocycles. The smallest absolute Gasteiger partial charge is 0.404 e. The van der Waals surface area contributed by atoms with Gasteiger partial charge in [0, 0.05) is 30.9 Å². The van der Waals surface area contributed by atoms with Crippen LogP contribution in [0.4, 0.5) is 4.79 Å². The summed E-state index contributed by atoms with van der Waals surface area (Å²) in [5, 5.41) is 13.7. The number of hydrogen-bond donors (Lipinski definition) is 3. The molecule has 0 aromatic heterocycles. The van der Waals surface area contributed by atoms with Crippen molar-refractivity contribution >= 4 is 30.0 Å². The van der Waals surface area contributed by atoms with Crippen LogP contribution >= 0.6 is 18.0 Å². The molecular weight excluding hydrogens is 571 g/mol. The summed E-state index contributed by atoms with van der Waals surface area (Å²) in [6, 6.07) is 27.7. The first kappa shape index (κ1) is 33.2. The lowest BCUT2D eigenvalue weighted by molar-refractivity contribution is 0.0933. The Morgan fingerprint density at radius 3 is 2.17 bits per heavy atom. The van der Waals surface area contributed by atoms with Crippen LogP contribution in [0.3, 0.4) is 0 Å². The molecule has 2 amide bonds. The predicted molar refractivity (Wildman–Crippen MR) is 170 cm³/mol. The fraction of sp³-hybridized carbons (Fsp3) is 0.375. The van der Waals surface area contributed by atoms with E-state index < -0.39 is 12.7 Å². The number of para-hydroxylation sites is 1. The largest absolute Gasteiger partial charge is 0.496 e. The van der Waals surface area contributed by atoms with Gasteiger partial charge in [0.15, 0.2) is 0 Å². The first-order valence-corrected chi connectivity index (χ1v) is 17.7. The summed E-state index contributed by atoms with van der Waals surface area (Å²) in [5.41, 5.74) is 3.07. The molecular formula is C32H41N2O6PS. The van der Waals surface area contributed by atoms with Crippen molar-refractivity contribution in [3.63, 3.8) is 0 Å². The van der Waals surface area contributed by atoms with Gasteiger partial charge in [-0.2, -0.15) is 0 Å². The normalized spacial score (nSPS) is 15.3. The second-order valence-electron chi connectivity index (χ2n) is 10.2. The lowest BCUT2D eigenvalue weighted by Crippen LogP contribution is -2.42. The summed E-state index contributed by atoms with van der Waals surface area (Å²) in [4.78, 5) is 22.8. The van der Waals surface area contributed by atoms with Crippen LogP contribution in [0, 0.1) is 0 Å². The van der Waals surface area contributed by atoms with Gasteiger partial charge in [-0.05, 0) is 36.1 Å². The highest BCUT2D eigenvalue weighted by atomic mass is 32.7. The predicted octanol–water partition coefficient (Wildman–Crippen LogP) is 7.35. The van der Waals surface area contributed by atoms with Crippen LogP contribution in [-0.2, 0) is 20.3 Å². The minimum absolute atomic E-state index is 0.0528. The Balaban J connectivity index is 0.000000241. The number of carboxylic acid groups (broad SMARTS) is 1. The number of carbonyl (C=O) groups is 2. The van der Waals surface area contributed by atoms with Gasteiger partial charge >= 0.3 is 6.09 Å². The molecule has 1 unspecified atom stereocenters. The van der Waals surface area contributed by atoms with Crippen LogP contribution in [0.5, 0.6) is 5.75 Å². The van der Waals surface area contributed by atoms with Gasteiger partial charge in [-0.3, -0.25) is 9.36 Å². The zero-order valence-electron chi connectivity index (χ0n) is 24.3. The molecule has 0 spiro atoms. The van der Waals surface area contributed by atoms with Gasteiger partial charge in [-0.25, -0.2) is 4.79 Å². The average molecular weight is 613 g/mol. The summed E-state index contributed by atoms with van der Waals surface area (Å²) in [5.74, 6) is 1.17. The minimum Gasteiger partial charge on any atom is -0.496 e. The Morgan fingerprint density at radius 2 is 1.52 bits per heavy atom. The second-order valence-corrected chi connectivity index (χ2v) is 15.3. The Hall–Kier alpha value is -3.26. The third-order valence-electron chi connectivity index (χ3n) is 7.15. The van der Waals surface area contributed by atoms with E-state index in [0.717, 1.165) is 18.4 Å². The van der Waals surface area contributed by atoms with E-state index in [1.807, 2.05) is 60.7 Å². The van der Waals surface area contributed by atoms with Gasteiger partial charge < -0.3 is 25.0 Å². The number of amides is 2. The summed E-state index contributed by atoms with van der Waals surface area (Å²) < 4.78 is 22.5. The maximum atomic E-state index is 12.6. The summed E-state index contributed by atoms with van der Waals surface area (Å²) in [7, 11) is 1.60. The Labute approximate surface area is 252 Å². The molecule has 4 rings (SSSR count). The number of nitrogens with one attached hydrogen (secondary N) is 2. The molecule has 1 saturated carbocycles. The van der Waals surface area contributed by atoms with Crippen LogP contribution in [0.1, 0.15) is 53.6 Å². The van der Waals surface area contributed by atoms with Crippen molar-refractivity contribution in [2.45, 2.75) is 43.3 Å². The van der Waals surface area contributed by atoms with Crippen molar-refractivity contribution in [2.75, 3.05) is 33.5 Å². The zero-order valence-corrected chi connectivity index (χ0v) is 26.0. The van der Waals surface area contributed by atoms with E-state index in [2.05, 4.69) is 34.9 Å². The van der Waals surface area contributed by atoms with Crippen LogP contribution in [0.15, 0.2) is 84.9 Å². The van der Waals surface area contributed by atoms with E-state index in [0.29, 0.717) is 23.6 Å². The molecule has 3 aromatic rings. The van der Waals surface area contributed by atoms with Crippen LogP contribution in [0.25, 0.3) is 0 Å². The number of benzene rings is 3. The van der Waals surface area contributed by atoms with E-state index >= 15 is 0 Å². The third kappa shape index (κ3) is 10.9. The SMILES string of the molecule is COc1ccccc1C(=O)NCC1(c2ccccc2)CCCCC1.CP(=O)(OCCNC(=O)O)SCc1ccccc1. The van der Waals surface area contributed by atoms with Crippen LogP contribution < -0.4 is 15.4 Å². The fourth-order valence-corrected chi connectivity index (χ4v) is 7.61. The quantitative estimate of drug-likeness (QED) is 0.145. The number of ether oxygens (including phenoxy) is 1. The summed E-state index contributed by atoms with van der Waals surface area (Å²) >= 11 is 1.25. The van der Waals surface area contributed by atoms with E-state index in [1.54, 1.807) is 13.8 Å². The molecule has 0 bridgehead atoms. The first-order valence-electron chi connectivity index (χ1n) is 14.1. The van der Waals surface area contributed by atoms with Crippen molar-refractivity contribution in [3.8, 4) is 5.75 Å². The fourth-order valence-electron chi connectivity index (χ4n) is 4.94. The van der Waals surface area contributed by atoms with Crippen molar-refractivity contribution in [1.29, 1.82) is 0 Å². The highest BCUT2D eigenvalue weighted by Crippen LogP contribution is 2.57. The molecule has 0 aliphatic heterocycles. The molecule has 1 fully saturated rings. The molecule has 0 radical (unpaired) electrons.